The molecule has 0 atom stereocenters. The summed E-state index contributed by atoms with van der Waals surface area (Å²) in [5, 5.41) is 1.99. The SMILES string of the molecule is C=CCN(CC(=O)N(CCc1ccc(OC)c(OC)c1)Cc1sccc1C)S(C)(=O)=O. The Kier molecular flexibility index (Phi) is 9.09. The number of carbonyl (C=O) groups excluding carboxylic acids is 1. The Hall–Kier alpha value is -2.36. The van der Waals surface area contributed by atoms with Crippen LogP contribution in [0.4, 0.5) is 0 Å². The molecular formula is C22H30N2O5S2. The van der Waals surface area contributed by atoms with E-state index in [0.717, 1.165) is 26.6 Å². The zero-order chi connectivity index (χ0) is 23.0. The molecule has 1 aromatic heterocycles. The third-order valence-corrected chi connectivity index (χ3v) is 7.11. The second-order valence-corrected chi connectivity index (χ2v) is 10.1. The van der Waals surface area contributed by atoms with E-state index in [1.54, 1.807) is 30.5 Å². The minimum absolute atomic E-state index is 0.0894. The number of rotatable bonds is 12. The Morgan fingerprint density at radius 3 is 2.45 bits per heavy atom. The van der Waals surface area contributed by atoms with E-state index in [1.807, 2.05) is 36.6 Å². The van der Waals surface area contributed by atoms with Crippen LogP contribution in [0.3, 0.4) is 0 Å². The van der Waals surface area contributed by atoms with Gasteiger partial charge < -0.3 is 14.4 Å². The zero-order valence-electron chi connectivity index (χ0n) is 18.5. The smallest absolute Gasteiger partial charge is 0.238 e. The number of benzene rings is 1. The van der Waals surface area contributed by atoms with Crippen LogP contribution in [0.1, 0.15) is 16.0 Å². The van der Waals surface area contributed by atoms with E-state index in [-0.39, 0.29) is 19.0 Å². The summed E-state index contributed by atoms with van der Waals surface area (Å²) in [5.41, 5.74) is 2.10. The topological polar surface area (TPSA) is 76.2 Å². The van der Waals surface area contributed by atoms with Crippen molar-refractivity contribution < 1.29 is 22.7 Å². The molecule has 0 N–H and O–H groups in total. The van der Waals surface area contributed by atoms with Crippen LogP contribution >= 0.6 is 11.3 Å². The lowest BCUT2D eigenvalue weighted by Gasteiger charge is -2.26. The molecule has 0 spiro atoms. The molecule has 9 heteroatoms. The lowest BCUT2D eigenvalue weighted by Crippen LogP contribution is -2.43. The van der Waals surface area contributed by atoms with E-state index in [0.29, 0.717) is 31.0 Å². The number of aryl methyl sites for hydroxylation is 1. The standard InChI is InChI=1S/C22H30N2O5S2/c1-6-11-24(31(5,26)27)16-22(25)23(15-21-17(2)10-13-30-21)12-9-18-7-8-19(28-3)20(14-18)29-4/h6-8,10,13-14H,1,9,11-12,15-16H2,2-5H3. The van der Waals surface area contributed by atoms with Crippen molar-refractivity contribution in [3.05, 3.63) is 58.3 Å². The van der Waals surface area contributed by atoms with Gasteiger partial charge in [-0.2, -0.15) is 4.31 Å². The Bertz CT molecular complexity index is 1000. The molecule has 0 aliphatic carbocycles. The molecule has 170 valence electrons. The summed E-state index contributed by atoms with van der Waals surface area (Å²) >= 11 is 1.58. The Morgan fingerprint density at radius 2 is 1.90 bits per heavy atom. The summed E-state index contributed by atoms with van der Waals surface area (Å²) in [5.74, 6) is 1.02. The maximum Gasteiger partial charge on any atom is 0.238 e. The van der Waals surface area contributed by atoms with Gasteiger partial charge in [-0.25, -0.2) is 8.42 Å². The number of hydrogen-bond acceptors (Lipinski definition) is 6. The average molecular weight is 467 g/mol. The largest absolute Gasteiger partial charge is 0.493 e. The van der Waals surface area contributed by atoms with Gasteiger partial charge in [0.2, 0.25) is 15.9 Å². The number of sulfonamides is 1. The molecule has 1 amide bonds. The molecule has 7 nitrogen and oxygen atoms in total. The predicted octanol–water partition coefficient (Wildman–Crippen LogP) is 3.09. The van der Waals surface area contributed by atoms with Gasteiger partial charge in [0, 0.05) is 18.0 Å². The number of thiophene rings is 1. The highest BCUT2D eigenvalue weighted by Gasteiger charge is 2.23. The maximum atomic E-state index is 13.1. The van der Waals surface area contributed by atoms with Crippen molar-refractivity contribution in [2.24, 2.45) is 0 Å². The number of nitrogens with zero attached hydrogens (tertiary/aromatic N) is 2. The van der Waals surface area contributed by atoms with E-state index in [1.165, 1.54) is 6.08 Å². The predicted molar refractivity (Wildman–Crippen MR) is 124 cm³/mol. The first-order valence-electron chi connectivity index (χ1n) is 9.77. The first-order valence-corrected chi connectivity index (χ1v) is 12.5. The van der Waals surface area contributed by atoms with Crippen LogP contribution in [-0.2, 0) is 27.8 Å². The monoisotopic (exact) mass is 466 g/mol. The van der Waals surface area contributed by atoms with Crippen LogP contribution in [0.2, 0.25) is 0 Å². The first-order chi connectivity index (χ1) is 14.7. The molecule has 1 heterocycles. The van der Waals surface area contributed by atoms with Crippen LogP contribution < -0.4 is 9.47 Å². The van der Waals surface area contributed by atoms with Crippen LogP contribution in [0, 0.1) is 6.92 Å². The maximum absolute atomic E-state index is 13.1. The van der Waals surface area contributed by atoms with Gasteiger partial charge in [-0.15, -0.1) is 17.9 Å². The van der Waals surface area contributed by atoms with Crippen molar-refractivity contribution in [2.45, 2.75) is 19.9 Å². The minimum Gasteiger partial charge on any atom is -0.493 e. The molecule has 2 rings (SSSR count). The van der Waals surface area contributed by atoms with E-state index in [9.17, 15) is 13.2 Å². The summed E-state index contributed by atoms with van der Waals surface area (Å²) in [4.78, 5) is 15.9. The van der Waals surface area contributed by atoms with Gasteiger partial charge in [0.1, 0.15) is 0 Å². The highest BCUT2D eigenvalue weighted by Crippen LogP contribution is 2.28. The minimum atomic E-state index is -3.52. The summed E-state index contributed by atoms with van der Waals surface area (Å²) < 4.78 is 35.9. The first kappa shape index (κ1) is 24.9. The molecule has 0 bridgehead atoms. The van der Waals surface area contributed by atoms with Crippen LogP contribution in [0.5, 0.6) is 11.5 Å². The highest BCUT2D eigenvalue weighted by atomic mass is 32.2. The number of amides is 1. The summed E-state index contributed by atoms with van der Waals surface area (Å²) in [6.07, 6.45) is 3.17. The third kappa shape index (κ3) is 7.09. The van der Waals surface area contributed by atoms with Gasteiger partial charge >= 0.3 is 0 Å². The fourth-order valence-corrected chi connectivity index (χ4v) is 4.69. The van der Waals surface area contributed by atoms with Crippen LogP contribution in [0.25, 0.3) is 0 Å². The molecule has 0 radical (unpaired) electrons. The van der Waals surface area contributed by atoms with Crippen molar-refractivity contribution >= 4 is 27.3 Å². The number of methoxy groups -OCH3 is 2. The molecule has 0 fully saturated rings. The van der Waals surface area contributed by atoms with Gasteiger partial charge in [-0.05, 0) is 48.1 Å². The second-order valence-electron chi connectivity index (χ2n) is 7.13. The highest BCUT2D eigenvalue weighted by molar-refractivity contribution is 7.88. The van der Waals surface area contributed by atoms with Gasteiger partial charge in [0.15, 0.2) is 11.5 Å². The molecule has 0 aliphatic heterocycles. The van der Waals surface area contributed by atoms with Crippen molar-refractivity contribution in [3.8, 4) is 11.5 Å². The fraction of sp³-hybridized carbons (Fsp3) is 0.409. The zero-order valence-corrected chi connectivity index (χ0v) is 20.1. The lowest BCUT2D eigenvalue weighted by atomic mass is 10.1. The van der Waals surface area contributed by atoms with Crippen LogP contribution in [0.15, 0.2) is 42.3 Å². The summed E-state index contributed by atoms with van der Waals surface area (Å²) in [7, 11) is -0.362. The summed E-state index contributed by atoms with van der Waals surface area (Å²) in [6, 6.07) is 7.66. The molecule has 0 unspecified atom stereocenters. The van der Waals surface area contributed by atoms with E-state index in [4.69, 9.17) is 9.47 Å². The van der Waals surface area contributed by atoms with Crippen molar-refractivity contribution in [2.75, 3.05) is 40.1 Å². The molecule has 31 heavy (non-hydrogen) atoms. The third-order valence-electron chi connectivity index (χ3n) is 4.89. The molecule has 0 saturated heterocycles. The van der Waals surface area contributed by atoms with Crippen molar-refractivity contribution in [1.29, 1.82) is 0 Å². The van der Waals surface area contributed by atoms with Gasteiger partial charge in [-0.3, -0.25) is 4.79 Å². The molecule has 2 aromatic rings. The Labute approximate surface area is 188 Å². The molecule has 0 aliphatic rings. The average Bonchev–Trinajstić information content (AvgIpc) is 3.14. The number of hydrogen-bond donors (Lipinski definition) is 0. The van der Waals surface area contributed by atoms with Crippen LogP contribution in [-0.4, -0.2) is 63.6 Å². The number of carbonyl (C=O) groups is 1. The second kappa shape index (κ2) is 11.3. The molecule has 1 aromatic carbocycles. The fourth-order valence-electron chi connectivity index (χ4n) is 3.04. The molecular weight excluding hydrogens is 436 g/mol. The lowest BCUT2D eigenvalue weighted by molar-refractivity contribution is -0.131. The van der Waals surface area contributed by atoms with E-state index in [2.05, 4.69) is 6.58 Å². The van der Waals surface area contributed by atoms with Gasteiger partial charge in [0.05, 0.1) is 33.6 Å². The van der Waals surface area contributed by atoms with Crippen molar-refractivity contribution in [1.82, 2.24) is 9.21 Å². The van der Waals surface area contributed by atoms with E-state index < -0.39 is 10.0 Å². The van der Waals surface area contributed by atoms with E-state index >= 15 is 0 Å². The van der Waals surface area contributed by atoms with Gasteiger partial charge in [0.25, 0.3) is 0 Å². The normalized spacial score (nSPS) is 11.4. The van der Waals surface area contributed by atoms with Crippen molar-refractivity contribution in [3.63, 3.8) is 0 Å². The Morgan fingerprint density at radius 1 is 1.19 bits per heavy atom. The summed E-state index contributed by atoms with van der Waals surface area (Å²) in [6.45, 7) is 6.34. The number of ether oxygens (including phenoxy) is 2. The Balaban J connectivity index is 2.21. The quantitative estimate of drug-likeness (QED) is 0.449. The molecule has 0 saturated carbocycles. The van der Waals surface area contributed by atoms with Gasteiger partial charge in [-0.1, -0.05) is 12.1 Å².